The lowest BCUT2D eigenvalue weighted by Crippen LogP contribution is -2.36. The molecule has 1 amide bonds. The summed E-state index contributed by atoms with van der Waals surface area (Å²) < 4.78 is 3.56. The topological polar surface area (TPSA) is 81.3 Å². The first-order valence-electron chi connectivity index (χ1n) is 12.2. The predicted octanol–water partition coefficient (Wildman–Crippen LogP) is 5.46. The molecule has 0 bridgehead atoms. The molecule has 2 heterocycles. The molecule has 0 radical (unpaired) electrons. The molecule has 35 heavy (non-hydrogen) atoms. The van der Waals surface area contributed by atoms with Crippen LogP contribution in [-0.4, -0.2) is 31.1 Å². The van der Waals surface area contributed by atoms with Crippen LogP contribution in [0, 0.1) is 0 Å². The van der Waals surface area contributed by atoms with Gasteiger partial charge in [0.05, 0.1) is 10.9 Å². The molecular formula is C26H28ClN5O2S. The molecule has 182 valence electrons. The molecular weight excluding hydrogens is 482 g/mol. The summed E-state index contributed by atoms with van der Waals surface area (Å²) in [4.78, 5) is 26.4. The van der Waals surface area contributed by atoms with Crippen LogP contribution in [0.4, 0.5) is 0 Å². The van der Waals surface area contributed by atoms with Crippen molar-refractivity contribution in [2.45, 2.75) is 68.9 Å². The highest BCUT2D eigenvalue weighted by Gasteiger charge is 2.20. The Kier molecular flexibility index (Phi) is 7.11. The standard InChI is InChI=1S/C26H28ClN5O2S/c1-2-14-31-24(34)20-13-12-17(23(33)28-19-9-4-3-5-10-19)15-22(20)32-25(31)29-30-26(32)35-16-18-8-6-7-11-21(18)27/h6-8,11-13,15,19H,2-5,9-10,14,16H2,1H3,(H,28,33). The summed E-state index contributed by atoms with van der Waals surface area (Å²) in [7, 11) is 0. The Balaban J connectivity index is 1.58. The normalized spacial score (nSPS) is 14.6. The molecule has 2 aromatic heterocycles. The maximum absolute atomic E-state index is 13.3. The van der Waals surface area contributed by atoms with Gasteiger partial charge in [0.2, 0.25) is 5.78 Å². The van der Waals surface area contributed by atoms with Crippen LogP contribution in [-0.2, 0) is 12.3 Å². The predicted molar refractivity (Wildman–Crippen MR) is 140 cm³/mol. The van der Waals surface area contributed by atoms with Crippen molar-refractivity contribution in [1.82, 2.24) is 24.5 Å². The highest BCUT2D eigenvalue weighted by molar-refractivity contribution is 7.98. The van der Waals surface area contributed by atoms with Gasteiger partial charge in [0, 0.05) is 28.9 Å². The number of carbonyl (C=O) groups excluding carboxylic acids is 1. The van der Waals surface area contributed by atoms with Crippen LogP contribution in [0.25, 0.3) is 16.7 Å². The lowest BCUT2D eigenvalue weighted by molar-refractivity contribution is 0.0928. The molecule has 1 N–H and O–H groups in total. The van der Waals surface area contributed by atoms with Gasteiger partial charge in [0.1, 0.15) is 0 Å². The minimum Gasteiger partial charge on any atom is -0.349 e. The number of hydrogen-bond acceptors (Lipinski definition) is 5. The van der Waals surface area contributed by atoms with Crippen molar-refractivity contribution in [3.05, 3.63) is 69.0 Å². The molecule has 4 aromatic rings. The molecule has 1 aliphatic rings. The smallest absolute Gasteiger partial charge is 0.262 e. The van der Waals surface area contributed by atoms with Gasteiger partial charge in [-0.2, -0.15) is 0 Å². The van der Waals surface area contributed by atoms with Crippen LogP contribution in [0.3, 0.4) is 0 Å². The van der Waals surface area contributed by atoms with Crippen molar-refractivity contribution in [1.29, 1.82) is 0 Å². The zero-order chi connectivity index (χ0) is 24.4. The summed E-state index contributed by atoms with van der Waals surface area (Å²) in [5, 5.41) is 13.9. The number of fused-ring (bicyclic) bond motifs is 3. The summed E-state index contributed by atoms with van der Waals surface area (Å²) in [6.07, 6.45) is 6.34. The van der Waals surface area contributed by atoms with Crippen molar-refractivity contribution in [2.75, 3.05) is 0 Å². The summed E-state index contributed by atoms with van der Waals surface area (Å²) >= 11 is 7.86. The number of rotatable bonds is 7. The van der Waals surface area contributed by atoms with Gasteiger partial charge in [-0.15, -0.1) is 10.2 Å². The molecule has 0 aliphatic heterocycles. The molecule has 1 aliphatic carbocycles. The molecule has 0 atom stereocenters. The number of hydrogen-bond donors (Lipinski definition) is 1. The van der Waals surface area contributed by atoms with Gasteiger partial charge in [-0.05, 0) is 49.1 Å². The second-order valence-electron chi connectivity index (χ2n) is 9.00. The molecule has 0 spiro atoms. The van der Waals surface area contributed by atoms with E-state index in [4.69, 9.17) is 11.6 Å². The average molecular weight is 510 g/mol. The first kappa shape index (κ1) is 23.9. The van der Waals surface area contributed by atoms with E-state index in [-0.39, 0.29) is 17.5 Å². The van der Waals surface area contributed by atoms with Crippen molar-refractivity contribution in [3.63, 3.8) is 0 Å². The van der Waals surface area contributed by atoms with E-state index in [0.717, 1.165) is 37.7 Å². The van der Waals surface area contributed by atoms with E-state index in [1.54, 1.807) is 22.8 Å². The summed E-state index contributed by atoms with van der Waals surface area (Å²) in [6, 6.07) is 13.2. The summed E-state index contributed by atoms with van der Waals surface area (Å²) in [6.45, 7) is 2.56. The SMILES string of the molecule is CCCn1c(=O)c2ccc(C(=O)NC3CCCCC3)cc2n2c(SCc3ccccc3Cl)nnc12. The molecule has 0 saturated heterocycles. The first-order valence-corrected chi connectivity index (χ1v) is 13.5. The second kappa shape index (κ2) is 10.4. The molecule has 0 unspecified atom stereocenters. The largest absolute Gasteiger partial charge is 0.349 e. The lowest BCUT2D eigenvalue weighted by atomic mass is 9.95. The zero-order valence-corrected chi connectivity index (χ0v) is 21.2. The van der Waals surface area contributed by atoms with Gasteiger partial charge in [-0.3, -0.25) is 18.6 Å². The maximum atomic E-state index is 13.3. The fourth-order valence-corrected chi connectivity index (χ4v) is 5.94. The Bertz CT molecular complexity index is 1440. The first-order chi connectivity index (χ1) is 17.1. The number of carbonyl (C=O) groups is 1. The number of nitrogens with one attached hydrogen (secondary N) is 1. The Morgan fingerprint density at radius 1 is 1.14 bits per heavy atom. The Morgan fingerprint density at radius 3 is 2.71 bits per heavy atom. The van der Waals surface area contributed by atoms with E-state index in [1.807, 2.05) is 35.6 Å². The minimum absolute atomic E-state index is 0.108. The van der Waals surface area contributed by atoms with Crippen molar-refractivity contribution >= 4 is 46.0 Å². The van der Waals surface area contributed by atoms with E-state index in [1.165, 1.54) is 18.2 Å². The molecule has 9 heteroatoms. The fraction of sp³-hybridized carbons (Fsp3) is 0.385. The lowest BCUT2D eigenvalue weighted by Gasteiger charge is -2.22. The summed E-state index contributed by atoms with van der Waals surface area (Å²) in [5.74, 6) is 0.982. The van der Waals surface area contributed by atoms with E-state index >= 15 is 0 Å². The highest BCUT2D eigenvalue weighted by Crippen LogP contribution is 2.28. The van der Waals surface area contributed by atoms with E-state index in [9.17, 15) is 9.59 Å². The molecule has 5 rings (SSSR count). The van der Waals surface area contributed by atoms with Gasteiger partial charge < -0.3 is 5.32 Å². The Morgan fingerprint density at radius 2 is 1.94 bits per heavy atom. The number of aryl methyl sites for hydroxylation is 1. The number of nitrogens with zero attached hydrogens (tertiary/aromatic N) is 4. The van der Waals surface area contributed by atoms with Crippen LogP contribution in [0.15, 0.2) is 52.4 Å². The molecule has 7 nitrogen and oxygen atoms in total. The van der Waals surface area contributed by atoms with E-state index < -0.39 is 0 Å². The van der Waals surface area contributed by atoms with Gasteiger partial charge in [-0.25, -0.2) is 0 Å². The second-order valence-corrected chi connectivity index (χ2v) is 10.3. The summed E-state index contributed by atoms with van der Waals surface area (Å²) in [5.41, 5.74) is 2.05. The number of amides is 1. The van der Waals surface area contributed by atoms with Crippen LogP contribution >= 0.6 is 23.4 Å². The monoisotopic (exact) mass is 509 g/mol. The average Bonchev–Trinajstić information content (AvgIpc) is 3.30. The zero-order valence-electron chi connectivity index (χ0n) is 19.7. The Labute approximate surface area is 212 Å². The molecule has 1 saturated carbocycles. The number of halogens is 1. The van der Waals surface area contributed by atoms with Gasteiger partial charge in [0.15, 0.2) is 5.16 Å². The number of aromatic nitrogens is 4. The van der Waals surface area contributed by atoms with Crippen LogP contribution in [0.1, 0.15) is 61.4 Å². The maximum Gasteiger partial charge on any atom is 0.262 e. The molecule has 2 aromatic carbocycles. The van der Waals surface area contributed by atoms with Crippen molar-refractivity contribution < 1.29 is 4.79 Å². The van der Waals surface area contributed by atoms with Gasteiger partial charge in [0.25, 0.3) is 11.5 Å². The quantitative estimate of drug-likeness (QED) is 0.334. The third kappa shape index (κ3) is 4.82. The number of benzene rings is 2. The van der Waals surface area contributed by atoms with Crippen LogP contribution < -0.4 is 10.9 Å². The van der Waals surface area contributed by atoms with Gasteiger partial charge >= 0.3 is 0 Å². The third-order valence-electron chi connectivity index (χ3n) is 6.54. The van der Waals surface area contributed by atoms with E-state index in [0.29, 0.717) is 44.7 Å². The van der Waals surface area contributed by atoms with Crippen LogP contribution in [0.2, 0.25) is 5.02 Å². The van der Waals surface area contributed by atoms with Crippen molar-refractivity contribution in [2.24, 2.45) is 0 Å². The Hall–Kier alpha value is -2.84. The number of thioether (sulfide) groups is 1. The van der Waals surface area contributed by atoms with Crippen molar-refractivity contribution in [3.8, 4) is 0 Å². The highest BCUT2D eigenvalue weighted by atomic mass is 35.5. The fourth-order valence-electron chi connectivity index (χ4n) is 4.71. The van der Waals surface area contributed by atoms with Gasteiger partial charge in [-0.1, -0.05) is 67.7 Å². The third-order valence-corrected chi connectivity index (χ3v) is 7.88. The minimum atomic E-state index is -0.122. The van der Waals surface area contributed by atoms with Crippen LogP contribution in [0.5, 0.6) is 0 Å². The molecule has 1 fully saturated rings. The van der Waals surface area contributed by atoms with E-state index in [2.05, 4.69) is 15.5 Å².